The second kappa shape index (κ2) is 7.94. The number of carbonyl (C=O) groups excluding carboxylic acids is 2. The molecule has 0 spiro atoms. The summed E-state index contributed by atoms with van der Waals surface area (Å²) in [5.41, 5.74) is 4.14. The normalized spacial score (nSPS) is 15.6. The van der Waals surface area contributed by atoms with Crippen molar-refractivity contribution < 1.29 is 14.8 Å². The molecule has 2 aromatic rings. The Labute approximate surface area is 147 Å². The van der Waals surface area contributed by atoms with Crippen molar-refractivity contribution in [3.8, 4) is 0 Å². The van der Waals surface area contributed by atoms with Gasteiger partial charge in [-0.05, 0) is 36.1 Å². The van der Waals surface area contributed by atoms with E-state index in [1.165, 1.54) is 0 Å². The molecule has 2 aromatic carbocycles. The van der Waals surface area contributed by atoms with Crippen LogP contribution in [0, 0.1) is 0 Å². The molecular weight excluding hydrogens is 316 g/mol. The maximum atomic E-state index is 12.2. The Kier molecular flexibility index (Phi) is 5.46. The van der Waals surface area contributed by atoms with E-state index in [1.54, 1.807) is 10.4 Å². The Hall–Kier alpha value is -2.66. The second-order valence-corrected chi connectivity index (χ2v) is 6.36. The largest absolute Gasteiger partial charge is 0.312 e. The number of rotatable bonds is 6. The molecule has 0 bridgehead atoms. The number of nitrogens with one attached hydrogen (secondary N) is 1. The molecule has 0 radical (unpaired) electrons. The van der Waals surface area contributed by atoms with Crippen LogP contribution in [0.5, 0.6) is 0 Å². The lowest BCUT2D eigenvalue weighted by Gasteiger charge is -2.25. The van der Waals surface area contributed by atoms with Crippen LogP contribution in [-0.2, 0) is 9.59 Å². The minimum Gasteiger partial charge on any atom is -0.312 e. The molecule has 1 atom stereocenters. The summed E-state index contributed by atoms with van der Waals surface area (Å²) < 4.78 is 0. The van der Waals surface area contributed by atoms with Crippen LogP contribution in [0.15, 0.2) is 54.6 Å². The molecule has 1 fully saturated rings. The molecule has 25 heavy (non-hydrogen) atoms. The molecule has 1 unspecified atom stereocenters. The molecule has 3 rings (SSSR count). The Balaban J connectivity index is 1.88. The molecule has 1 aliphatic rings. The molecule has 5 heteroatoms. The van der Waals surface area contributed by atoms with Crippen LogP contribution >= 0.6 is 0 Å². The fraction of sp³-hybridized carbons (Fsp3) is 0.300. The van der Waals surface area contributed by atoms with Gasteiger partial charge in [-0.3, -0.25) is 14.8 Å². The lowest BCUT2D eigenvalue weighted by molar-refractivity contribution is -0.129. The van der Waals surface area contributed by atoms with E-state index in [2.05, 4.69) is 0 Å². The molecule has 5 nitrogen and oxygen atoms in total. The van der Waals surface area contributed by atoms with Crippen LogP contribution in [0.2, 0.25) is 0 Å². The van der Waals surface area contributed by atoms with Crippen molar-refractivity contribution in [3.05, 3.63) is 65.7 Å². The van der Waals surface area contributed by atoms with E-state index < -0.39 is 11.8 Å². The van der Waals surface area contributed by atoms with Crippen molar-refractivity contribution in [1.29, 1.82) is 0 Å². The fourth-order valence-corrected chi connectivity index (χ4v) is 3.58. The average molecular weight is 338 g/mol. The minimum absolute atomic E-state index is 0.258. The smallest absolute Gasteiger partial charge is 0.255 e. The quantitative estimate of drug-likeness (QED) is 0.483. The lowest BCUT2D eigenvalue weighted by atomic mass is 9.90. The number of amides is 2. The summed E-state index contributed by atoms with van der Waals surface area (Å²) in [6.45, 7) is 0. The number of hydrogen-bond donors (Lipinski definition) is 2. The zero-order valence-corrected chi connectivity index (χ0v) is 14.0. The summed E-state index contributed by atoms with van der Waals surface area (Å²) >= 11 is 0. The van der Waals surface area contributed by atoms with Gasteiger partial charge in [-0.15, -0.1) is 0 Å². The molecule has 2 N–H and O–H groups in total. The van der Waals surface area contributed by atoms with Crippen LogP contribution in [0.25, 0.3) is 0 Å². The zero-order valence-electron chi connectivity index (χ0n) is 14.0. The third-order valence-electron chi connectivity index (χ3n) is 4.86. The van der Waals surface area contributed by atoms with Gasteiger partial charge in [0.1, 0.15) is 0 Å². The van der Waals surface area contributed by atoms with Gasteiger partial charge in [0.25, 0.3) is 5.91 Å². The fourth-order valence-electron chi connectivity index (χ4n) is 3.58. The highest BCUT2D eigenvalue weighted by Gasteiger charge is 2.25. The summed E-state index contributed by atoms with van der Waals surface area (Å²) in [4.78, 5) is 25.5. The van der Waals surface area contributed by atoms with Crippen LogP contribution < -0.4 is 10.4 Å². The van der Waals surface area contributed by atoms with E-state index in [4.69, 9.17) is 5.21 Å². The van der Waals surface area contributed by atoms with E-state index in [0.717, 1.165) is 48.9 Å². The summed E-state index contributed by atoms with van der Waals surface area (Å²) in [6, 6.07) is 17.0. The van der Waals surface area contributed by atoms with Gasteiger partial charge < -0.3 is 4.90 Å². The summed E-state index contributed by atoms with van der Waals surface area (Å²) in [5.74, 6) is -1.08. The SMILES string of the molecule is O=CN(c1ccc(C(C(=O)NO)c2ccccc2)cc1)C1CCCC1. The van der Waals surface area contributed by atoms with Gasteiger partial charge in [0.15, 0.2) is 0 Å². The summed E-state index contributed by atoms with van der Waals surface area (Å²) in [7, 11) is 0. The molecule has 0 aliphatic heterocycles. The van der Waals surface area contributed by atoms with E-state index in [1.807, 2.05) is 54.6 Å². The van der Waals surface area contributed by atoms with E-state index in [0.29, 0.717) is 0 Å². The molecular formula is C20H22N2O3. The maximum absolute atomic E-state index is 12.2. The van der Waals surface area contributed by atoms with Crippen molar-refractivity contribution in [1.82, 2.24) is 5.48 Å². The number of hydrogen-bond acceptors (Lipinski definition) is 3. The monoisotopic (exact) mass is 338 g/mol. The van der Waals surface area contributed by atoms with Gasteiger partial charge in [0.2, 0.25) is 6.41 Å². The van der Waals surface area contributed by atoms with E-state index in [9.17, 15) is 9.59 Å². The number of benzene rings is 2. The van der Waals surface area contributed by atoms with Crippen LogP contribution in [0.1, 0.15) is 42.7 Å². The molecule has 0 saturated heterocycles. The maximum Gasteiger partial charge on any atom is 0.255 e. The van der Waals surface area contributed by atoms with Gasteiger partial charge in [-0.1, -0.05) is 55.3 Å². The first-order valence-electron chi connectivity index (χ1n) is 8.57. The summed E-state index contributed by atoms with van der Waals surface area (Å²) in [6.07, 6.45) is 5.25. The van der Waals surface area contributed by atoms with Crippen molar-refractivity contribution in [2.45, 2.75) is 37.6 Å². The highest BCUT2D eigenvalue weighted by atomic mass is 16.5. The van der Waals surface area contributed by atoms with E-state index >= 15 is 0 Å². The van der Waals surface area contributed by atoms with Crippen molar-refractivity contribution in [2.75, 3.05) is 4.90 Å². The Morgan fingerprint density at radius 3 is 2.20 bits per heavy atom. The predicted octanol–water partition coefficient (Wildman–Crippen LogP) is 3.23. The van der Waals surface area contributed by atoms with E-state index in [-0.39, 0.29) is 6.04 Å². The van der Waals surface area contributed by atoms with Crippen LogP contribution in [-0.4, -0.2) is 23.6 Å². The van der Waals surface area contributed by atoms with Gasteiger partial charge in [-0.25, -0.2) is 5.48 Å². The van der Waals surface area contributed by atoms with Crippen molar-refractivity contribution in [3.63, 3.8) is 0 Å². The third kappa shape index (κ3) is 3.72. The lowest BCUT2D eigenvalue weighted by Crippen LogP contribution is -2.31. The average Bonchev–Trinajstić information content (AvgIpc) is 3.19. The standard InChI is InChI=1S/C20H22N2O3/c23-14-22(17-8-4-5-9-17)18-12-10-16(11-13-18)19(20(24)21-25)15-6-2-1-3-7-15/h1-3,6-7,10-14,17,19,25H,4-5,8-9H2,(H,21,24). The van der Waals surface area contributed by atoms with Crippen molar-refractivity contribution in [2.24, 2.45) is 0 Å². The van der Waals surface area contributed by atoms with Crippen LogP contribution in [0.3, 0.4) is 0 Å². The molecule has 0 heterocycles. The highest BCUT2D eigenvalue weighted by molar-refractivity contribution is 5.86. The molecule has 130 valence electrons. The molecule has 1 aliphatic carbocycles. The van der Waals surface area contributed by atoms with Gasteiger partial charge >= 0.3 is 0 Å². The number of hydroxylamine groups is 1. The second-order valence-electron chi connectivity index (χ2n) is 6.36. The number of nitrogens with zero attached hydrogens (tertiary/aromatic N) is 1. The van der Waals surface area contributed by atoms with Gasteiger partial charge in [-0.2, -0.15) is 0 Å². The summed E-state index contributed by atoms with van der Waals surface area (Å²) in [5, 5.41) is 9.10. The van der Waals surface area contributed by atoms with Crippen molar-refractivity contribution >= 4 is 18.0 Å². The molecule has 0 aromatic heterocycles. The number of carbonyl (C=O) groups is 2. The first-order valence-corrected chi connectivity index (χ1v) is 8.57. The zero-order chi connectivity index (χ0) is 17.6. The minimum atomic E-state index is -0.601. The predicted molar refractivity (Wildman–Crippen MR) is 95.5 cm³/mol. The Bertz CT molecular complexity index is 709. The highest BCUT2D eigenvalue weighted by Crippen LogP contribution is 2.30. The Morgan fingerprint density at radius 1 is 1.04 bits per heavy atom. The number of anilines is 1. The topological polar surface area (TPSA) is 69.6 Å². The first kappa shape index (κ1) is 17.2. The van der Waals surface area contributed by atoms with Crippen LogP contribution in [0.4, 0.5) is 5.69 Å². The first-order chi connectivity index (χ1) is 12.2. The molecule has 2 amide bonds. The Morgan fingerprint density at radius 2 is 1.64 bits per heavy atom. The molecule has 1 saturated carbocycles. The van der Waals surface area contributed by atoms with Gasteiger partial charge in [0, 0.05) is 11.7 Å². The van der Waals surface area contributed by atoms with Gasteiger partial charge in [0.05, 0.1) is 5.92 Å². The third-order valence-corrected chi connectivity index (χ3v) is 4.86.